The zero-order valence-corrected chi connectivity index (χ0v) is 11.7. The Morgan fingerprint density at radius 2 is 2.18 bits per heavy atom. The van der Waals surface area contributed by atoms with Crippen LogP contribution in [0.2, 0.25) is 0 Å². The first-order valence-corrected chi connectivity index (χ1v) is 6.78. The van der Waals surface area contributed by atoms with E-state index in [1.165, 1.54) is 18.2 Å². The summed E-state index contributed by atoms with van der Waals surface area (Å²) in [4.78, 5) is 18.9. The molecule has 0 spiro atoms. The van der Waals surface area contributed by atoms with Crippen molar-refractivity contribution in [3.05, 3.63) is 60.2 Å². The van der Waals surface area contributed by atoms with Crippen LogP contribution >= 0.6 is 0 Å². The number of nitrogens with zero attached hydrogens (tertiary/aromatic N) is 1. The van der Waals surface area contributed by atoms with Gasteiger partial charge in [0.1, 0.15) is 11.6 Å². The highest BCUT2D eigenvalue weighted by atomic mass is 19.1. The minimum Gasteiger partial charge on any atom is -0.484 e. The molecule has 0 saturated carbocycles. The lowest BCUT2D eigenvalue weighted by atomic mass is 10.2. The van der Waals surface area contributed by atoms with E-state index in [0.717, 1.165) is 16.6 Å². The quantitative estimate of drug-likeness (QED) is 0.760. The molecule has 5 nitrogen and oxygen atoms in total. The number of H-pyrrole nitrogens is 1. The number of carbonyl (C=O) groups is 1. The van der Waals surface area contributed by atoms with Gasteiger partial charge in [-0.05, 0) is 29.8 Å². The maximum absolute atomic E-state index is 13.0. The fraction of sp³-hybridized carbons (Fsp3) is 0.125. The third kappa shape index (κ3) is 3.41. The van der Waals surface area contributed by atoms with Crippen molar-refractivity contribution in [2.45, 2.75) is 6.54 Å². The molecule has 0 atom stereocenters. The summed E-state index contributed by atoms with van der Waals surface area (Å²) in [5.41, 5.74) is 2.75. The average Bonchev–Trinajstić information content (AvgIpc) is 2.98. The van der Waals surface area contributed by atoms with Crippen LogP contribution in [0.3, 0.4) is 0 Å². The SMILES string of the molecule is O=C(COc1cccc(F)c1)NCc1ccc2nc[nH]c2c1. The average molecular weight is 299 g/mol. The van der Waals surface area contributed by atoms with Gasteiger partial charge in [0, 0.05) is 12.6 Å². The zero-order valence-electron chi connectivity index (χ0n) is 11.7. The molecule has 1 aromatic heterocycles. The Balaban J connectivity index is 1.51. The smallest absolute Gasteiger partial charge is 0.258 e. The fourth-order valence-corrected chi connectivity index (χ4v) is 2.05. The van der Waals surface area contributed by atoms with Crippen LogP contribution in [0.4, 0.5) is 4.39 Å². The van der Waals surface area contributed by atoms with Crippen LogP contribution < -0.4 is 10.1 Å². The van der Waals surface area contributed by atoms with Gasteiger partial charge in [0.25, 0.3) is 5.91 Å². The predicted molar refractivity (Wildman–Crippen MR) is 79.8 cm³/mol. The lowest BCUT2D eigenvalue weighted by Gasteiger charge is -2.07. The summed E-state index contributed by atoms with van der Waals surface area (Å²) in [6, 6.07) is 11.4. The van der Waals surface area contributed by atoms with Crippen LogP contribution in [0.25, 0.3) is 11.0 Å². The molecule has 0 bridgehead atoms. The number of hydrogen-bond acceptors (Lipinski definition) is 3. The number of ether oxygens (including phenoxy) is 1. The van der Waals surface area contributed by atoms with Crippen LogP contribution in [0, 0.1) is 5.82 Å². The van der Waals surface area contributed by atoms with E-state index < -0.39 is 5.82 Å². The maximum atomic E-state index is 13.0. The van der Waals surface area contributed by atoms with Crippen molar-refractivity contribution in [1.29, 1.82) is 0 Å². The fourth-order valence-electron chi connectivity index (χ4n) is 2.05. The van der Waals surface area contributed by atoms with Gasteiger partial charge < -0.3 is 15.0 Å². The van der Waals surface area contributed by atoms with Crippen molar-refractivity contribution in [2.75, 3.05) is 6.61 Å². The first-order valence-electron chi connectivity index (χ1n) is 6.78. The Morgan fingerprint density at radius 1 is 1.27 bits per heavy atom. The molecular weight excluding hydrogens is 285 g/mol. The first kappa shape index (κ1) is 14.1. The van der Waals surface area contributed by atoms with Crippen molar-refractivity contribution >= 4 is 16.9 Å². The Labute approximate surface area is 126 Å². The Bertz CT molecular complexity index is 801. The minimum absolute atomic E-state index is 0.157. The summed E-state index contributed by atoms with van der Waals surface area (Å²) in [5, 5.41) is 2.75. The van der Waals surface area contributed by atoms with Gasteiger partial charge in [0.2, 0.25) is 0 Å². The molecule has 0 radical (unpaired) electrons. The predicted octanol–water partition coefficient (Wildman–Crippen LogP) is 2.40. The Kier molecular flexibility index (Phi) is 4.00. The Hall–Kier alpha value is -2.89. The molecule has 1 amide bonds. The van der Waals surface area contributed by atoms with Crippen LogP contribution in [0.1, 0.15) is 5.56 Å². The van der Waals surface area contributed by atoms with Crippen LogP contribution in [0.5, 0.6) is 5.75 Å². The van der Waals surface area contributed by atoms with Crippen molar-refractivity contribution in [3.8, 4) is 5.75 Å². The van der Waals surface area contributed by atoms with E-state index >= 15 is 0 Å². The topological polar surface area (TPSA) is 67.0 Å². The summed E-state index contributed by atoms with van der Waals surface area (Å²) in [5.74, 6) is -0.339. The molecule has 0 aliphatic rings. The summed E-state index contributed by atoms with van der Waals surface area (Å²) in [6.07, 6.45) is 1.62. The molecule has 2 aromatic carbocycles. The van der Waals surface area contributed by atoms with Crippen molar-refractivity contribution in [2.24, 2.45) is 0 Å². The number of fused-ring (bicyclic) bond motifs is 1. The molecule has 0 aliphatic heterocycles. The number of aromatic nitrogens is 2. The van der Waals surface area contributed by atoms with Crippen LogP contribution in [-0.4, -0.2) is 22.5 Å². The van der Waals surface area contributed by atoms with Crippen molar-refractivity contribution in [1.82, 2.24) is 15.3 Å². The molecule has 3 rings (SSSR count). The standard InChI is InChI=1S/C16H14FN3O2/c17-12-2-1-3-13(7-12)22-9-16(21)18-8-11-4-5-14-15(6-11)20-10-19-14/h1-7,10H,8-9H2,(H,18,21)(H,19,20). The second-order valence-electron chi connectivity index (χ2n) is 4.78. The molecule has 0 unspecified atom stereocenters. The number of imidazole rings is 1. The molecule has 3 aromatic rings. The van der Waals surface area contributed by atoms with Crippen LogP contribution in [0.15, 0.2) is 48.8 Å². The highest BCUT2D eigenvalue weighted by Gasteiger charge is 2.04. The number of carbonyl (C=O) groups excluding carboxylic acids is 1. The molecule has 112 valence electrons. The first-order chi connectivity index (χ1) is 10.7. The van der Waals surface area contributed by atoms with Gasteiger partial charge in [-0.25, -0.2) is 9.37 Å². The van der Waals surface area contributed by atoms with E-state index in [2.05, 4.69) is 15.3 Å². The third-order valence-corrected chi connectivity index (χ3v) is 3.14. The molecule has 0 fully saturated rings. The molecular formula is C16H14FN3O2. The summed E-state index contributed by atoms with van der Waals surface area (Å²) in [6.45, 7) is 0.232. The molecule has 0 saturated heterocycles. The van der Waals surface area contributed by atoms with Gasteiger partial charge in [0.15, 0.2) is 6.61 Å². The summed E-state index contributed by atoms with van der Waals surface area (Å²) < 4.78 is 18.2. The number of aromatic amines is 1. The lowest BCUT2D eigenvalue weighted by Crippen LogP contribution is -2.28. The van der Waals surface area contributed by atoms with E-state index in [1.54, 1.807) is 12.4 Å². The molecule has 2 N–H and O–H groups in total. The van der Waals surface area contributed by atoms with E-state index in [-0.39, 0.29) is 12.5 Å². The monoisotopic (exact) mass is 299 g/mol. The van der Waals surface area contributed by atoms with E-state index in [1.807, 2.05) is 18.2 Å². The Morgan fingerprint density at radius 3 is 3.05 bits per heavy atom. The van der Waals surface area contributed by atoms with Gasteiger partial charge in [-0.2, -0.15) is 0 Å². The van der Waals surface area contributed by atoms with Crippen LogP contribution in [-0.2, 0) is 11.3 Å². The zero-order chi connectivity index (χ0) is 15.4. The van der Waals surface area contributed by atoms with Gasteiger partial charge in [-0.3, -0.25) is 4.79 Å². The molecule has 0 aliphatic carbocycles. The second kappa shape index (κ2) is 6.26. The van der Waals surface area contributed by atoms with Crippen molar-refractivity contribution < 1.29 is 13.9 Å². The maximum Gasteiger partial charge on any atom is 0.258 e. The molecule has 6 heteroatoms. The van der Waals surface area contributed by atoms with Gasteiger partial charge in [-0.1, -0.05) is 12.1 Å². The molecule has 22 heavy (non-hydrogen) atoms. The largest absolute Gasteiger partial charge is 0.484 e. The third-order valence-electron chi connectivity index (χ3n) is 3.14. The number of benzene rings is 2. The number of nitrogens with one attached hydrogen (secondary N) is 2. The second-order valence-corrected chi connectivity index (χ2v) is 4.78. The number of rotatable bonds is 5. The highest BCUT2D eigenvalue weighted by Crippen LogP contribution is 2.12. The molecule has 1 heterocycles. The van der Waals surface area contributed by atoms with E-state index in [4.69, 9.17) is 4.74 Å². The number of hydrogen-bond donors (Lipinski definition) is 2. The summed E-state index contributed by atoms with van der Waals surface area (Å²) >= 11 is 0. The van der Waals surface area contributed by atoms with E-state index in [0.29, 0.717) is 12.3 Å². The summed E-state index contributed by atoms with van der Waals surface area (Å²) in [7, 11) is 0. The van der Waals surface area contributed by atoms with Crippen molar-refractivity contribution in [3.63, 3.8) is 0 Å². The highest BCUT2D eigenvalue weighted by molar-refractivity contribution is 5.78. The van der Waals surface area contributed by atoms with E-state index in [9.17, 15) is 9.18 Å². The van der Waals surface area contributed by atoms with Gasteiger partial charge >= 0.3 is 0 Å². The normalized spacial score (nSPS) is 10.6. The van der Waals surface area contributed by atoms with Gasteiger partial charge in [0.05, 0.1) is 17.4 Å². The van der Waals surface area contributed by atoms with Gasteiger partial charge in [-0.15, -0.1) is 0 Å². The number of amides is 1. The minimum atomic E-state index is -0.397. The lowest BCUT2D eigenvalue weighted by molar-refractivity contribution is -0.123. The number of halogens is 1.